The number of hydroxylamine groups is 1. The number of hydrogen-bond acceptors (Lipinski definition) is 4. The molecule has 2 aromatic heterocycles. The average Bonchev–Trinajstić information content (AvgIpc) is 3.49. The monoisotopic (exact) mass is 447 g/mol. The zero-order chi connectivity index (χ0) is 22.9. The van der Waals surface area contributed by atoms with Crippen molar-refractivity contribution < 1.29 is 13.7 Å². The molecular weight excluding hydrogens is 422 g/mol. The molecule has 1 aliphatic rings. The van der Waals surface area contributed by atoms with Crippen LogP contribution in [0.3, 0.4) is 0 Å². The number of benzene rings is 3. The van der Waals surface area contributed by atoms with Gasteiger partial charge in [0.05, 0.1) is 12.0 Å². The predicted octanol–water partition coefficient (Wildman–Crippen LogP) is 7.67. The van der Waals surface area contributed by atoms with Crippen LogP contribution in [0, 0.1) is 6.92 Å². The van der Waals surface area contributed by atoms with Gasteiger partial charge in [-0.15, -0.1) is 0 Å². The van der Waals surface area contributed by atoms with E-state index in [0.717, 1.165) is 45.2 Å². The smallest absolute Gasteiger partial charge is 0.143 e. The van der Waals surface area contributed by atoms with Crippen molar-refractivity contribution in [2.24, 2.45) is 0 Å². The molecule has 34 heavy (non-hydrogen) atoms. The molecule has 4 heteroatoms. The van der Waals surface area contributed by atoms with Gasteiger partial charge >= 0.3 is 0 Å². The SMILES string of the molecule is Cc1oc(-c2ccccc2)c2c1C[C@@H](c1ccccc1)ON(c1ccccc1)[C@H]2c1ccco1. The third kappa shape index (κ3) is 3.62. The summed E-state index contributed by atoms with van der Waals surface area (Å²) in [5, 5.41) is 1.99. The molecule has 0 fully saturated rings. The Morgan fingerprint density at radius 2 is 1.44 bits per heavy atom. The summed E-state index contributed by atoms with van der Waals surface area (Å²) in [7, 11) is 0. The molecule has 0 spiro atoms. The lowest BCUT2D eigenvalue weighted by Gasteiger charge is -2.32. The molecule has 1 aliphatic heterocycles. The number of anilines is 1. The van der Waals surface area contributed by atoms with Crippen molar-refractivity contribution in [1.82, 2.24) is 0 Å². The highest BCUT2D eigenvalue weighted by Gasteiger charge is 2.39. The molecule has 3 aromatic carbocycles. The Morgan fingerprint density at radius 1 is 0.765 bits per heavy atom. The maximum absolute atomic E-state index is 6.84. The molecule has 168 valence electrons. The van der Waals surface area contributed by atoms with Crippen molar-refractivity contribution in [3.8, 4) is 11.3 Å². The second-order valence-corrected chi connectivity index (χ2v) is 8.53. The molecular formula is C30H25NO3. The second kappa shape index (κ2) is 8.73. The minimum Gasteiger partial charge on any atom is -0.467 e. The van der Waals surface area contributed by atoms with Gasteiger partial charge in [0.15, 0.2) is 0 Å². The van der Waals surface area contributed by atoms with E-state index in [1.54, 1.807) is 6.26 Å². The number of fused-ring (bicyclic) bond motifs is 1. The summed E-state index contributed by atoms with van der Waals surface area (Å²) in [6.07, 6.45) is 2.23. The van der Waals surface area contributed by atoms with Gasteiger partial charge in [-0.1, -0.05) is 78.9 Å². The highest BCUT2D eigenvalue weighted by Crippen LogP contribution is 2.47. The van der Waals surface area contributed by atoms with Crippen LogP contribution in [-0.2, 0) is 11.3 Å². The van der Waals surface area contributed by atoms with Gasteiger partial charge in [-0.3, -0.25) is 4.84 Å². The molecule has 0 radical (unpaired) electrons. The first-order chi connectivity index (χ1) is 16.8. The van der Waals surface area contributed by atoms with Crippen molar-refractivity contribution >= 4 is 5.69 Å². The molecule has 0 saturated heterocycles. The van der Waals surface area contributed by atoms with Crippen LogP contribution in [0.25, 0.3) is 11.3 Å². The summed E-state index contributed by atoms with van der Waals surface area (Å²) < 4.78 is 12.5. The summed E-state index contributed by atoms with van der Waals surface area (Å²) in [6, 6.07) is 34.5. The topological polar surface area (TPSA) is 38.8 Å². The van der Waals surface area contributed by atoms with E-state index in [1.807, 2.05) is 66.6 Å². The first-order valence-corrected chi connectivity index (χ1v) is 11.6. The summed E-state index contributed by atoms with van der Waals surface area (Å²) in [5.74, 6) is 2.56. The normalized spacial score (nSPS) is 17.9. The molecule has 0 N–H and O–H groups in total. The van der Waals surface area contributed by atoms with E-state index in [-0.39, 0.29) is 12.1 Å². The molecule has 0 saturated carbocycles. The minimum atomic E-state index is -0.311. The van der Waals surface area contributed by atoms with Gasteiger partial charge in [0.2, 0.25) is 0 Å². The van der Waals surface area contributed by atoms with Gasteiger partial charge in [-0.25, -0.2) is 5.06 Å². The van der Waals surface area contributed by atoms with E-state index >= 15 is 0 Å². The Labute approximate surface area is 199 Å². The van der Waals surface area contributed by atoms with Gasteiger partial charge < -0.3 is 8.83 Å². The summed E-state index contributed by atoms with van der Waals surface area (Å²) in [4.78, 5) is 6.84. The first kappa shape index (κ1) is 20.6. The number of furan rings is 2. The van der Waals surface area contributed by atoms with Gasteiger partial charge in [0.1, 0.15) is 29.4 Å². The van der Waals surface area contributed by atoms with E-state index < -0.39 is 0 Å². The fourth-order valence-electron chi connectivity index (χ4n) is 4.82. The molecule has 3 heterocycles. The van der Waals surface area contributed by atoms with Crippen molar-refractivity contribution in [2.75, 3.05) is 5.06 Å². The number of aryl methyl sites for hydroxylation is 1. The van der Waals surface area contributed by atoms with E-state index in [1.165, 1.54) is 0 Å². The fourth-order valence-corrected chi connectivity index (χ4v) is 4.82. The van der Waals surface area contributed by atoms with Gasteiger partial charge in [-0.2, -0.15) is 0 Å². The summed E-state index contributed by atoms with van der Waals surface area (Å²) in [5.41, 5.74) is 5.36. The Balaban J connectivity index is 1.62. The Hall–Kier alpha value is -4.02. The Bertz CT molecular complexity index is 1360. The molecule has 0 amide bonds. The van der Waals surface area contributed by atoms with E-state index in [2.05, 4.69) is 48.5 Å². The molecule has 5 aromatic rings. The number of hydrogen-bond donors (Lipinski definition) is 0. The largest absolute Gasteiger partial charge is 0.467 e. The predicted molar refractivity (Wildman–Crippen MR) is 132 cm³/mol. The number of nitrogens with zero attached hydrogens (tertiary/aromatic N) is 1. The second-order valence-electron chi connectivity index (χ2n) is 8.53. The first-order valence-electron chi connectivity index (χ1n) is 11.6. The van der Waals surface area contributed by atoms with Crippen LogP contribution in [-0.4, -0.2) is 0 Å². The van der Waals surface area contributed by atoms with Crippen molar-refractivity contribution in [3.63, 3.8) is 0 Å². The van der Waals surface area contributed by atoms with Gasteiger partial charge in [0, 0.05) is 23.1 Å². The maximum Gasteiger partial charge on any atom is 0.143 e. The zero-order valence-electron chi connectivity index (χ0n) is 18.9. The third-order valence-corrected chi connectivity index (χ3v) is 6.42. The highest BCUT2D eigenvalue weighted by molar-refractivity contribution is 5.68. The zero-order valence-corrected chi connectivity index (χ0v) is 18.9. The number of rotatable bonds is 4. The van der Waals surface area contributed by atoms with Crippen LogP contribution < -0.4 is 5.06 Å². The van der Waals surface area contributed by atoms with Crippen LogP contribution in [0.4, 0.5) is 5.69 Å². The lowest BCUT2D eigenvalue weighted by Crippen LogP contribution is -2.30. The van der Waals surface area contributed by atoms with E-state index in [4.69, 9.17) is 13.7 Å². The Morgan fingerprint density at radius 3 is 2.12 bits per heavy atom. The van der Waals surface area contributed by atoms with Crippen molar-refractivity contribution in [2.45, 2.75) is 25.5 Å². The van der Waals surface area contributed by atoms with E-state index in [9.17, 15) is 0 Å². The molecule has 0 bridgehead atoms. The van der Waals surface area contributed by atoms with Crippen molar-refractivity contribution in [3.05, 3.63) is 138 Å². The van der Waals surface area contributed by atoms with Crippen LogP contribution in [0.2, 0.25) is 0 Å². The average molecular weight is 448 g/mol. The van der Waals surface area contributed by atoms with Crippen LogP contribution in [0.15, 0.2) is 118 Å². The van der Waals surface area contributed by atoms with Crippen molar-refractivity contribution in [1.29, 1.82) is 0 Å². The number of para-hydroxylation sites is 1. The molecule has 4 nitrogen and oxygen atoms in total. The third-order valence-electron chi connectivity index (χ3n) is 6.42. The lowest BCUT2D eigenvalue weighted by atomic mass is 9.92. The lowest BCUT2D eigenvalue weighted by molar-refractivity contribution is 0.0234. The van der Waals surface area contributed by atoms with Gasteiger partial charge in [0.25, 0.3) is 0 Å². The molecule has 0 aliphatic carbocycles. The molecule has 6 rings (SSSR count). The molecule has 0 unspecified atom stereocenters. The van der Waals surface area contributed by atoms with Crippen LogP contribution >= 0.6 is 0 Å². The minimum absolute atomic E-state index is 0.181. The van der Waals surface area contributed by atoms with E-state index in [0.29, 0.717) is 6.42 Å². The molecule has 2 atom stereocenters. The van der Waals surface area contributed by atoms with Crippen LogP contribution in [0.1, 0.15) is 40.4 Å². The fraction of sp³-hybridized carbons (Fsp3) is 0.133. The van der Waals surface area contributed by atoms with Crippen LogP contribution in [0.5, 0.6) is 0 Å². The Kier molecular flexibility index (Phi) is 5.28. The standard InChI is InChI=1S/C30H25NO3/c1-21-25-20-27(22-12-5-2-6-13-22)34-31(24-16-9-4-10-17-24)29(26-18-11-19-32-26)28(25)30(33-21)23-14-7-3-8-15-23/h2-19,27,29H,20H2,1H3/t27-,29-/m0/s1. The summed E-state index contributed by atoms with van der Waals surface area (Å²) >= 11 is 0. The summed E-state index contributed by atoms with van der Waals surface area (Å²) in [6.45, 7) is 2.05. The van der Waals surface area contributed by atoms with Gasteiger partial charge in [-0.05, 0) is 36.8 Å². The maximum atomic E-state index is 6.84. The highest BCUT2D eigenvalue weighted by atomic mass is 16.7. The quantitative estimate of drug-likeness (QED) is 0.283.